The average molecular weight is 193 g/mol. The number of hydrogen-bond acceptors (Lipinski definition) is 2. The number of amides is 1. The van der Waals surface area contributed by atoms with Crippen molar-refractivity contribution in [1.29, 1.82) is 0 Å². The van der Waals surface area contributed by atoms with E-state index in [-0.39, 0.29) is 0 Å². The molecule has 1 unspecified atom stereocenters. The van der Waals surface area contributed by atoms with Gasteiger partial charge < -0.3 is 10.5 Å². The zero-order valence-electron chi connectivity index (χ0n) is 8.49. The van der Waals surface area contributed by atoms with Crippen LogP contribution in [0.3, 0.4) is 0 Å². The van der Waals surface area contributed by atoms with Crippen LogP contribution in [0.2, 0.25) is 0 Å². The van der Waals surface area contributed by atoms with Crippen LogP contribution in [0.5, 0.6) is 5.75 Å². The van der Waals surface area contributed by atoms with Crippen molar-refractivity contribution >= 4 is 6.09 Å². The minimum atomic E-state index is -0.772. The van der Waals surface area contributed by atoms with E-state index >= 15 is 0 Å². The molecule has 1 amide bonds. The van der Waals surface area contributed by atoms with Crippen molar-refractivity contribution in [1.82, 2.24) is 0 Å². The summed E-state index contributed by atoms with van der Waals surface area (Å²) in [5.74, 6) is 0.974. The summed E-state index contributed by atoms with van der Waals surface area (Å²) in [6.07, 6.45) is 0.284. The molecule has 0 aliphatic heterocycles. The van der Waals surface area contributed by atoms with Crippen LogP contribution in [0, 0.1) is 0 Å². The molecule has 0 bridgehead atoms. The lowest BCUT2D eigenvalue weighted by atomic mass is 9.99. The Labute approximate surface area is 83.9 Å². The van der Waals surface area contributed by atoms with E-state index in [9.17, 15) is 4.79 Å². The molecule has 1 atom stereocenters. The molecular weight excluding hydrogens is 178 g/mol. The first-order valence-electron chi connectivity index (χ1n) is 4.70. The molecule has 1 aromatic rings. The van der Waals surface area contributed by atoms with Gasteiger partial charge in [-0.05, 0) is 30.0 Å². The van der Waals surface area contributed by atoms with E-state index < -0.39 is 6.09 Å². The Morgan fingerprint density at radius 3 is 2.86 bits per heavy atom. The number of primary amides is 1. The van der Waals surface area contributed by atoms with Gasteiger partial charge in [-0.1, -0.05) is 26.0 Å². The minimum Gasteiger partial charge on any atom is -0.410 e. The van der Waals surface area contributed by atoms with Crippen LogP contribution < -0.4 is 10.5 Å². The molecule has 0 heterocycles. The van der Waals surface area contributed by atoms with Crippen LogP contribution in [-0.4, -0.2) is 6.09 Å². The number of hydrogen-bond donors (Lipinski definition) is 1. The van der Waals surface area contributed by atoms with Gasteiger partial charge in [-0.15, -0.1) is 0 Å². The highest BCUT2D eigenvalue weighted by molar-refractivity contribution is 5.68. The molecule has 3 nitrogen and oxygen atoms in total. The van der Waals surface area contributed by atoms with E-state index in [1.807, 2.05) is 18.2 Å². The van der Waals surface area contributed by atoms with Crippen molar-refractivity contribution in [3.8, 4) is 5.75 Å². The fraction of sp³-hybridized carbons (Fsp3) is 0.364. The zero-order chi connectivity index (χ0) is 10.6. The third kappa shape index (κ3) is 2.76. The summed E-state index contributed by atoms with van der Waals surface area (Å²) < 4.78 is 4.79. The lowest BCUT2D eigenvalue weighted by Crippen LogP contribution is -2.16. The van der Waals surface area contributed by atoms with Crippen molar-refractivity contribution in [2.45, 2.75) is 26.2 Å². The summed E-state index contributed by atoms with van der Waals surface area (Å²) in [4.78, 5) is 10.5. The van der Waals surface area contributed by atoms with Crippen molar-refractivity contribution in [2.75, 3.05) is 0 Å². The third-order valence-corrected chi connectivity index (χ3v) is 2.26. The molecule has 0 aromatic heterocycles. The first kappa shape index (κ1) is 10.6. The maximum atomic E-state index is 10.5. The van der Waals surface area contributed by atoms with Crippen LogP contribution in [-0.2, 0) is 0 Å². The summed E-state index contributed by atoms with van der Waals surface area (Å²) in [7, 11) is 0. The second-order valence-corrected chi connectivity index (χ2v) is 3.30. The van der Waals surface area contributed by atoms with Gasteiger partial charge in [-0.3, -0.25) is 0 Å². The summed E-state index contributed by atoms with van der Waals surface area (Å²) in [6, 6.07) is 7.44. The van der Waals surface area contributed by atoms with Crippen molar-refractivity contribution in [2.24, 2.45) is 5.73 Å². The SMILES string of the molecule is CCC(C)c1cccc(OC(N)=O)c1. The van der Waals surface area contributed by atoms with Crippen LogP contribution in [0.15, 0.2) is 24.3 Å². The van der Waals surface area contributed by atoms with Gasteiger partial charge >= 0.3 is 6.09 Å². The summed E-state index contributed by atoms with van der Waals surface area (Å²) in [5.41, 5.74) is 6.08. The Morgan fingerprint density at radius 2 is 2.29 bits per heavy atom. The first-order chi connectivity index (χ1) is 6.63. The molecule has 0 saturated carbocycles. The Bertz CT molecular complexity index is 323. The summed E-state index contributed by atoms with van der Waals surface area (Å²) in [6.45, 7) is 4.25. The molecule has 1 aromatic carbocycles. The average Bonchev–Trinajstić information content (AvgIpc) is 2.16. The zero-order valence-corrected chi connectivity index (χ0v) is 8.49. The molecule has 0 radical (unpaired) electrons. The Balaban J connectivity index is 2.83. The lowest BCUT2D eigenvalue weighted by molar-refractivity contribution is 0.211. The van der Waals surface area contributed by atoms with Crippen molar-refractivity contribution in [3.63, 3.8) is 0 Å². The molecule has 0 fully saturated rings. The quantitative estimate of drug-likeness (QED) is 0.802. The van der Waals surface area contributed by atoms with Gasteiger partial charge in [0.2, 0.25) is 0 Å². The number of carbonyl (C=O) groups excluding carboxylic acids is 1. The van der Waals surface area contributed by atoms with E-state index in [1.165, 1.54) is 0 Å². The Hall–Kier alpha value is -1.51. The Morgan fingerprint density at radius 1 is 1.57 bits per heavy atom. The Kier molecular flexibility index (Phi) is 3.51. The molecule has 0 aliphatic carbocycles. The molecule has 0 aliphatic rings. The summed E-state index contributed by atoms with van der Waals surface area (Å²) >= 11 is 0. The highest BCUT2D eigenvalue weighted by Crippen LogP contribution is 2.22. The molecule has 1 rings (SSSR count). The van der Waals surface area contributed by atoms with Crippen LogP contribution >= 0.6 is 0 Å². The maximum Gasteiger partial charge on any atom is 0.409 e. The van der Waals surface area contributed by atoms with Crippen molar-refractivity contribution in [3.05, 3.63) is 29.8 Å². The predicted molar refractivity (Wildman–Crippen MR) is 55.4 cm³/mol. The predicted octanol–water partition coefficient (Wildman–Crippen LogP) is 2.66. The highest BCUT2D eigenvalue weighted by Gasteiger charge is 2.05. The topological polar surface area (TPSA) is 52.3 Å². The number of rotatable bonds is 3. The normalized spacial score (nSPS) is 12.1. The van der Waals surface area contributed by atoms with Crippen LogP contribution in [0.1, 0.15) is 31.7 Å². The first-order valence-corrected chi connectivity index (χ1v) is 4.70. The van der Waals surface area contributed by atoms with Crippen LogP contribution in [0.4, 0.5) is 4.79 Å². The molecule has 14 heavy (non-hydrogen) atoms. The second-order valence-electron chi connectivity index (χ2n) is 3.30. The van der Waals surface area contributed by atoms with Gasteiger partial charge in [-0.25, -0.2) is 4.79 Å². The number of carbonyl (C=O) groups is 1. The van der Waals surface area contributed by atoms with Gasteiger partial charge in [0.15, 0.2) is 0 Å². The minimum absolute atomic E-state index is 0.464. The van der Waals surface area contributed by atoms with Gasteiger partial charge in [0.25, 0.3) is 0 Å². The highest BCUT2D eigenvalue weighted by atomic mass is 16.5. The van der Waals surface area contributed by atoms with E-state index in [1.54, 1.807) is 6.07 Å². The lowest BCUT2D eigenvalue weighted by Gasteiger charge is -2.09. The van der Waals surface area contributed by atoms with E-state index in [4.69, 9.17) is 10.5 Å². The van der Waals surface area contributed by atoms with E-state index in [2.05, 4.69) is 13.8 Å². The van der Waals surface area contributed by atoms with Crippen LogP contribution in [0.25, 0.3) is 0 Å². The number of benzene rings is 1. The molecular formula is C11H15NO2. The summed E-state index contributed by atoms with van der Waals surface area (Å²) in [5, 5.41) is 0. The molecule has 0 spiro atoms. The van der Waals surface area contributed by atoms with Gasteiger partial charge in [0, 0.05) is 0 Å². The van der Waals surface area contributed by atoms with Crippen molar-refractivity contribution < 1.29 is 9.53 Å². The molecule has 76 valence electrons. The number of nitrogens with two attached hydrogens (primary N) is 1. The smallest absolute Gasteiger partial charge is 0.409 e. The molecule has 3 heteroatoms. The second kappa shape index (κ2) is 4.65. The third-order valence-electron chi connectivity index (χ3n) is 2.26. The number of ether oxygens (including phenoxy) is 1. The molecule has 0 saturated heterocycles. The van der Waals surface area contributed by atoms with E-state index in [0.717, 1.165) is 12.0 Å². The van der Waals surface area contributed by atoms with Gasteiger partial charge in [-0.2, -0.15) is 0 Å². The maximum absolute atomic E-state index is 10.5. The molecule has 2 N–H and O–H groups in total. The van der Waals surface area contributed by atoms with Gasteiger partial charge in [0.1, 0.15) is 5.75 Å². The van der Waals surface area contributed by atoms with E-state index in [0.29, 0.717) is 11.7 Å². The monoisotopic (exact) mass is 193 g/mol. The van der Waals surface area contributed by atoms with Gasteiger partial charge in [0.05, 0.1) is 0 Å². The largest absolute Gasteiger partial charge is 0.410 e. The fourth-order valence-electron chi connectivity index (χ4n) is 1.24. The standard InChI is InChI=1S/C11H15NO2/c1-3-8(2)9-5-4-6-10(7-9)14-11(12)13/h4-8H,3H2,1-2H3,(H2,12,13). The fourth-order valence-corrected chi connectivity index (χ4v) is 1.24.